The third-order valence-electron chi connectivity index (χ3n) is 1.50. The largest absolute Gasteiger partial charge is 0.378 e. The summed E-state index contributed by atoms with van der Waals surface area (Å²) in [6, 6.07) is 9.02. The Morgan fingerprint density at radius 3 is 2.50 bits per heavy atom. The van der Waals surface area contributed by atoms with E-state index in [0.717, 1.165) is 5.56 Å². The van der Waals surface area contributed by atoms with Gasteiger partial charge in [-0.3, -0.25) is 0 Å². The normalized spacial score (nSPS) is 9.86. The highest BCUT2D eigenvalue weighted by Crippen LogP contribution is 2.04. The van der Waals surface area contributed by atoms with Crippen LogP contribution in [-0.4, -0.2) is 10.7 Å². The van der Waals surface area contributed by atoms with Crippen LogP contribution in [0.1, 0.15) is 25.0 Å². The maximum absolute atomic E-state index is 9.37. The Balaban J connectivity index is 2.98. The van der Waals surface area contributed by atoms with Crippen LogP contribution >= 0.6 is 0 Å². The highest BCUT2D eigenvalue weighted by molar-refractivity contribution is 5.42. The van der Waals surface area contributed by atoms with Gasteiger partial charge in [0.2, 0.25) is 0 Å². The molecule has 0 atom stereocenters. The summed E-state index contributed by atoms with van der Waals surface area (Å²) in [4.78, 5) is 0. The van der Waals surface area contributed by atoms with Crippen LogP contribution < -0.4 is 0 Å². The quantitative estimate of drug-likeness (QED) is 0.625. The van der Waals surface area contributed by atoms with Crippen molar-refractivity contribution in [3.63, 3.8) is 0 Å². The fourth-order valence-electron chi connectivity index (χ4n) is 0.892. The Kier molecular flexibility index (Phi) is 2.92. The smallest absolute Gasteiger partial charge is 0.120 e. The van der Waals surface area contributed by atoms with E-state index in [-0.39, 0.29) is 0 Å². The number of hydrogen-bond acceptors (Lipinski definition) is 2. The van der Waals surface area contributed by atoms with Gasteiger partial charge >= 0.3 is 0 Å². The highest BCUT2D eigenvalue weighted by Gasteiger charge is 2.05. The lowest BCUT2D eigenvalue weighted by Gasteiger charge is -2.05. The van der Waals surface area contributed by atoms with Gasteiger partial charge in [-0.05, 0) is 32.0 Å². The zero-order valence-corrected chi connectivity index (χ0v) is 8.20. The van der Waals surface area contributed by atoms with Crippen LogP contribution in [0.4, 0.5) is 0 Å². The average molecular weight is 185 g/mol. The molecule has 0 saturated carbocycles. The molecule has 0 radical (unpaired) electrons. The van der Waals surface area contributed by atoms with Crippen molar-refractivity contribution in [2.75, 3.05) is 0 Å². The third-order valence-corrected chi connectivity index (χ3v) is 1.50. The Morgan fingerprint density at radius 1 is 1.29 bits per heavy atom. The molecule has 14 heavy (non-hydrogen) atoms. The van der Waals surface area contributed by atoms with Gasteiger partial charge in [-0.1, -0.05) is 17.9 Å². The van der Waals surface area contributed by atoms with Crippen molar-refractivity contribution >= 4 is 0 Å². The second-order valence-corrected chi connectivity index (χ2v) is 3.50. The number of nitriles is 1. The molecule has 1 aromatic rings. The molecule has 0 aliphatic carbocycles. The summed E-state index contributed by atoms with van der Waals surface area (Å²) in [5.74, 6) is 5.49. The molecular weight excluding hydrogens is 174 g/mol. The predicted molar refractivity (Wildman–Crippen MR) is 54.3 cm³/mol. The molecule has 0 unspecified atom stereocenters. The van der Waals surface area contributed by atoms with Crippen LogP contribution in [0, 0.1) is 23.2 Å². The summed E-state index contributed by atoms with van der Waals surface area (Å²) in [5, 5.41) is 18.0. The molecule has 1 rings (SSSR count). The number of nitrogens with zero attached hydrogens (tertiary/aromatic N) is 1. The van der Waals surface area contributed by atoms with Crippen molar-refractivity contribution in [3.8, 4) is 17.9 Å². The zero-order chi connectivity index (χ0) is 10.6. The van der Waals surface area contributed by atoms with Crippen LogP contribution in [-0.2, 0) is 0 Å². The Hall–Kier alpha value is -1.77. The molecular formula is C12H11NO. The van der Waals surface area contributed by atoms with E-state index in [1.165, 1.54) is 0 Å². The molecule has 0 spiro atoms. The molecule has 0 heterocycles. The summed E-state index contributed by atoms with van der Waals surface area (Å²) in [6.45, 7) is 3.24. The van der Waals surface area contributed by atoms with Gasteiger partial charge in [0.25, 0.3) is 0 Å². The molecule has 1 aromatic carbocycles. The Labute approximate surface area is 83.8 Å². The lowest BCUT2D eigenvalue weighted by Crippen LogP contribution is -2.14. The van der Waals surface area contributed by atoms with Gasteiger partial charge in [0.1, 0.15) is 5.60 Å². The zero-order valence-electron chi connectivity index (χ0n) is 8.20. The van der Waals surface area contributed by atoms with E-state index >= 15 is 0 Å². The Morgan fingerprint density at radius 2 is 1.93 bits per heavy atom. The van der Waals surface area contributed by atoms with Crippen molar-refractivity contribution in [3.05, 3.63) is 35.4 Å². The standard InChI is InChI=1S/C12H11NO/c1-12(2,14)7-6-10-4-3-5-11(8-10)9-13/h3-5,8,14H,1-2H3. The molecule has 0 amide bonds. The summed E-state index contributed by atoms with van der Waals surface area (Å²) in [7, 11) is 0. The summed E-state index contributed by atoms with van der Waals surface area (Å²) < 4.78 is 0. The highest BCUT2D eigenvalue weighted by atomic mass is 16.3. The molecule has 0 aliphatic rings. The SMILES string of the molecule is CC(C)(O)C#Cc1cccc(C#N)c1. The predicted octanol–water partition coefficient (Wildman–Crippen LogP) is 1.68. The van der Waals surface area contributed by atoms with Crippen LogP contribution in [0.2, 0.25) is 0 Å². The van der Waals surface area contributed by atoms with Gasteiger partial charge in [-0.2, -0.15) is 5.26 Å². The first-order valence-electron chi connectivity index (χ1n) is 4.27. The van der Waals surface area contributed by atoms with Crippen molar-refractivity contribution < 1.29 is 5.11 Å². The van der Waals surface area contributed by atoms with E-state index in [0.29, 0.717) is 5.56 Å². The number of benzene rings is 1. The van der Waals surface area contributed by atoms with Gasteiger partial charge in [0.05, 0.1) is 11.6 Å². The second kappa shape index (κ2) is 3.96. The van der Waals surface area contributed by atoms with E-state index in [2.05, 4.69) is 11.8 Å². The molecule has 70 valence electrons. The molecule has 2 nitrogen and oxygen atoms in total. The fourth-order valence-corrected chi connectivity index (χ4v) is 0.892. The first-order chi connectivity index (χ1) is 6.51. The van der Waals surface area contributed by atoms with Gasteiger partial charge in [0.15, 0.2) is 0 Å². The number of hydrogen-bond donors (Lipinski definition) is 1. The maximum atomic E-state index is 9.37. The summed E-state index contributed by atoms with van der Waals surface area (Å²) in [6.07, 6.45) is 0. The number of aliphatic hydroxyl groups is 1. The Bertz CT molecular complexity index is 424. The molecule has 2 heteroatoms. The van der Waals surface area contributed by atoms with Gasteiger partial charge in [-0.15, -0.1) is 0 Å². The van der Waals surface area contributed by atoms with Crippen LogP contribution in [0.3, 0.4) is 0 Å². The van der Waals surface area contributed by atoms with E-state index < -0.39 is 5.60 Å². The van der Waals surface area contributed by atoms with E-state index in [1.54, 1.807) is 38.1 Å². The van der Waals surface area contributed by atoms with Crippen molar-refractivity contribution in [2.24, 2.45) is 0 Å². The van der Waals surface area contributed by atoms with Gasteiger partial charge in [0, 0.05) is 5.56 Å². The van der Waals surface area contributed by atoms with Gasteiger partial charge < -0.3 is 5.11 Å². The van der Waals surface area contributed by atoms with Crippen LogP contribution in [0.15, 0.2) is 24.3 Å². The second-order valence-electron chi connectivity index (χ2n) is 3.50. The monoisotopic (exact) mass is 185 g/mol. The molecule has 1 N–H and O–H groups in total. The minimum Gasteiger partial charge on any atom is -0.378 e. The van der Waals surface area contributed by atoms with E-state index in [1.807, 2.05) is 6.07 Å². The number of rotatable bonds is 0. The summed E-state index contributed by atoms with van der Waals surface area (Å²) >= 11 is 0. The third kappa shape index (κ3) is 3.31. The van der Waals surface area contributed by atoms with E-state index in [4.69, 9.17) is 5.26 Å². The molecule has 0 bridgehead atoms. The first kappa shape index (κ1) is 10.3. The molecule has 0 saturated heterocycles. The lowest BCUT2D eigenvalue weighted by molar-refractivity contribution is 0.143. The van der Waals surface area contributed by atoms with Crippen molar-refractivity contribution in [1.82, 2.24) is 0 Å². The van der Waals surface area contributed by atoms with Crippen molar-refractivity contribution in [1.29, 1.82) is 5.26 Å². The molecule has 0 aliphatic heterocycles. The molecule has 0 aromatic heterocycles. The van der Waals surface area contributed by atoms with Gasteiger partial charge in [-0.25, -0.2) is 0 Å². The van der Waals surface area contributed by atoms with Crippen LogP contribution in [0.5, 0.6) is 0 Å². The summed E-state index contributed by atoms with van der Waals surface area (Å²) in [5.41, 5.74) is 0.321. The van der Waals surface area contributed by atoms with Crippen molar-refractivity contribution in [2.45, 2.75) is 19.4 Å². The average Bonchev–Trinajstić information content (AvgIpc) is 2.14. The first-order valence-corrected chi connectivity index (χ1v) is 4.27. The topological polar surface area (TPSA) is 44.0 Å². The molecule has 0 fully saturated rings. The van der Waals surface area contributed by atoms with E-state index in [9.17, 15) is 5.11 Å². The van der Waals surface area contributed by atoms with Crippen LogP contribution in [0.25, 0.3) is 0 Å². The minimum atomic E-state index is -0.997. The minimum absolute atomic E-state index is 0.576. The fraction of sp³-hybridized carbons (Fsp3) is 0.250. The maximum Gasteiger partial charge on any atom is 0.120 e. The lowest BCUT2D eigenvalue weighted by atomic mass is 10.1.